The van der Waals surface area contributed by atoms with Crippen LogP contribution >= 0.6 is 11.6 Å². The molecule has 0 saturated carbocycles. The Labute approximate surface area is 126 Å². The van der Waals surface area contributed by atoms with Crippen molar-refractivity contribution in [2.75, 3.05) is 11.9 Å². The van der Waals surface area contributed by atoms with E-state index in [-0.39, 0.29) is 17.6 Å². The van der Waals surface area contributed by atoms with Crippen LogP contribution in [0.1, 0.15) is 20.8 Å². The fourth-order valence-electron chi connectivity index (χ4n) is 1.27. The van der Waals surface area contributed by atoms with Gasteiger partial charge in [-0.1, -0.05) is 11.6 Å². The van der Waals surface area contributed by atoms with E-state index in [9.17, 15) is 9.59 Å². The number of amides is 1. The van der Waals surface area contributed by atoms with E-state index >= 15 is 0 Å². The highest BCUT2D eigenvalue weighted by atomic mass is 35.5. The highest BCUT2D eigenvalue weighted by molar-refractivity contribution is 6.29. The van der Waals surface area contributed by atoms with Gasteiger partial charge in [0.05, 0.1) is 0 Å². The quantitative estimate of drug-likeness (QED) is 0.706. The highest BCUT2D eigenvalue weighted by Crippen LogP contribution is 2.08. The highest BCUT2D eigenvalue weighted by Gasteiger charge is 2.24. The van der Waals surface area contributed by atoms with Gasteiger partial charge in [-0.25, -0.2) is 19.6 Å². The number of alkyl carbamates (subject to hydrolysis) is 1. The number of hydrogen-bond donors (Lipinski definition) is 3. The Morgan fingerprint density at radius 1 is 1.48 bits per heavy atom. The number of rotatable bonds is 5. The molecule has 0 spiro atoms. The van der Waals surface area contributed by atoms with Crippen molar-refractivity contribution in [3.05, 3.63) is 17.4 Å². The molecule has 116 valence electrons. The van der Waals surface area contributed by atoms with Crippen LogP contribution < -0.4 is 10.6 Å². The number of halogens is 1. The van der Waals surface area contributed by atoms with E-state index in [2.05, 4.69) is 20.6 Å². The van der Waals surface area contributed by atoms with Crippen molar-refractivity contribution in [3.63, 3.8) is 0 Å². The van der Waals surface area contributed by atoms with Crippen LogP contribution in [0.5, 0.6) is 0 Å². The molecule has 0 radical (unpaired) electrons. The summed E-state index contributed by atoms with van der Waals surface area (Å²) in [5.41, 5.74) is -0.712. The molecule has 1 aromatic heterocycles. The van der Waals surface area contributed by atoms with Crippen molar-refractivity contribution >= 4 is 29.6 Å². The lowest BCUT2D eigenvalue weighted by atomic mass is 10.2. The second-order valence-corrected chi connectivity index (χ2v) is 5.51. The molecule has 0 aliphatic rings. The minimum atomic E-state index is -1.21. The summed E-state index contributed by atoms with van der Waals surface area (Å²) in [4.78, 5) is 30.4. The van der Waals surface area contributed by atoms with Gasteiger partial charge < -0.3 is 20.5 Å². The predicted molar refractivity (Wildman–Crippen MR) is 76.3 cm³/mol. The van der Waals surface area contributed by atoms with Gasteiger partial charge in [-0.05, 0) is 26.8 Å². The van der Waals surface area contributed by atoms with Crippen molar-refractivity contribution in [1.29, 1.82) is 0 Å². The number of ether oxygens (including phenoxy) is 1. The van der Waals surface area contributed by atoms with Crippen LogP contribution in [0.15, 0.2) is 12.3 Å². The lowest BCUT2D eigenvalue weighted by Crippen LogP contribution is -2.47. The average Bonchev–Trinajstić information content (AvgIpc) is 2.32. The first-order valence-corrected chi connectivity index (χ1v) is 6.50. The zero-order chi connectivity index (χ0) is 16.0. The number of carbonyl (C=O) groups excluding carboxylic acids is 1. The molecule has 0 saturated heterocycles. The van der Waals surface area contributed by atoms with Crippen LogP contribution in [-0.2, 0) is 9.53 Å². The molecule has 0 unspecified atom stereocenters. The van der Waals surface area contributed by atoms with Gasteiger partial charge in [0.1, 0.15) is 16.8 Å². The normalized spacial score (nSPS) is 12.4. The molecule has 21 heavy (non-hydrogen) atoms. The first-order chi connectivity index (χ1) is 9.67. The topological polar surface area (TPSA) is 113 Å². The zero-order valence-corrected chi connectivity index (χ0v) is 12.6. The maximum absolute atomic E-state index is 11.6. The number of anilines is 1. The fraction of sp³-hybridized carbons (Fsp3) is 0.500. The summed E-state index contributed by atoms with van der Waals surface area (Å²) in [6.07, 6.45) is 0.609. The van der Waals surface area contributed by atoms with Crippen molar-refractivity contribution in [2.24, 2.45) is 0 Å². The number of aromatic nitrogens is 2. The van der Waals surface area contributed by atoms with Gasteiger partial charge in [-0.3, -0.25) is 0 Å². The van der Waals surface area contributed by atoms with E-state index in [4.69, 9.17) is 21.4 Å². The largest absolute Gasteiger partial charge is 0.480 e. The standard InChI is InChI=1S/C12H17ClN4O4/c1-12(2,3)21-11(20)16-7(9(18)19)6-15-10-14-5-4-8(13)17-10/h4-5,7H,6H2,1-3H3,(H,16,20)(H,18,19)(H,14,15,17)/t7-/m0/s1. The molecule has 1 heterocycles. The summed E-state index contributed by atoms with van der Waals surface area (Å²) in [6.45, 7) is 4.93. The summed E-state index contributed by atoms with van der Waals surface area (Å²) in [6, 6.07) is 0.294. The van der Waals surface area contributed by atoms with Crippen LogP contribution in [0.4, 0.5) is 10.7 Å². The minimum absolute atomic E-state index is 0.116. The van der Waals surface area contributed by atoms with Crippen molar-refractivity contribution in [1.82, 2.24) is 15.3 Å². The molecule has 0 aliphatic heterocycles. The second-order valence-electron chi connectivity index (χ2n) is 5.12. The third kappa shape index (κ3) is 6.75. The second kappa shape index (κ2) is 7.07. The van der Waals surface area contributed by atoms with Gasteiger partial charge in [0.25, 0.3) is 0 Å². The van der Waals surface area contributed by atoms with Crippen LogP contribution in [0.25, 0.3) is 0 Å². The minimum Gasteiger partial charge on any atom is -0.480 e. The summed E-state index contributed by atoms with van der Waals surface area (Å²) < 4.78 is 5.00. The van der Waals surface area contributed by atoms with E-state index in [1.165, 1.54) is 12.3 Å². The van der Waals surface area contributed by atoms with Crippen LogP contribution in [0.3, 0.4) is 0 Å². The monoisotopic (exact) mass is 316 g/mol. The maximum atomic E-state index is 11.6. The number of carboxylic acid groups (broad SMARTS) is 1. The van der Waals surface area contributed by atoms with Gasteiger partial charge in [-0.2, -0.15) is 0 Å². The molecule has 1 aromatic rings. The average molecular weight is 317 g/mol. The summed E-state index contributed by atoms with van der Waals surface area (Å²) in [5, 5.41) is 14.2. The van der Waals surface area contributed by atoms with Gasteiger partial charge in [0.15, 0.2) is 0 Å². The third-order valence-corrected chi connectivity index (χ3v) is 2.29. The number of aliphatic carboxylic acids is 1. The van der Waals surface area contributed by atoms with Crippen molar-refractivity contribution < 1.29 is 19.4 Å². The van der Waals surface area contributed by atoms with Gasteiger partial charge in [-0.15, -0.1) is 0 Å². The Balaban J connectivity index is 2.58. The maximum Gasteiger partial charge on any atom is 0.408 e. The van der Waals surface area contributed by atoms with Gasteiger partial charge in [0.2, 0.25) is 5.95 Å². The van der Waals surface area contributed by atoms with Gasteiger partial charge in [0, 0.05) is 12.7 Å². The molecule has 8 nitrogen and oxygen atoms in total. The van der Waals surface area contributed by atoms with E-state index in [0.29, 0.717) is 0 Å². The van der Waals surface area contributed by atoms with E-state index in [0.717, 1.165) is 0 Å². The van der Waals surface area contributed by atoms with Crippen molar-refractivity contribution in [2.45, 2.75) is 32.4 Å². The van der Waals surface area contributed by atoms with Crippen molar-refractivity contribution in [3.8, 4) is 0 Å². The molecule has 0 fully saturated rings. The Kier molecular flexibility index (Phi) is 5.71. The van der Waals surface area contributed by atoms with Crippen LogP contribution in [0, 0.1) is 0 Å². The molecule has 0 aliphatic carbocycles. The Morgan fingerprint density at radius 3 is 2.67 bits per heavy atom. The van der Waals surface area contributed by atoms with Crippen LogP contribution in [-0.4, -0.2) is 45.3 Å². The number of carboxylic acids is 1. The Bertz CT molecular complexity index is 518. The Morgan fingerprint density at radius 2 is 2.14 bits per heavy atom. The number of nitrogens with zero attached hydrogens (tertiary/aromatic N) is 2. The molecular formula is C12H17ClN4O4. The molecule has 0 bridgehead atoms. The predicted octanol–water partition coefficient (Wildman–Crippen LogP) is 1.52. The molecule has 1 amide bonds. The van der Waals surface area contributed by atoms with Crippen LogP contribution in [0.2, 0.25) is 5.15 Å². The molecule has 1 rings (SSSR count). The smallest absolute Gasteiger partial charge is 0.408 e. The van der Waals surface area contributed by atoms with E-state index in [1.807, 2.05) is 0 Å². The Hall–Kier alpha value is -2.09. The first kappa shape index (κ1) is 17.0. The lowest BCUT2D eigenvalue weighted by Gasteiger charge is -2.22. The molecule has 1 atom stereocenters. The number of nitrogens with one attached hydrogen (secondary N) is 2. The number of carbonyl (C=O) groups is 2. The summed E-state index contributed by atoms with van der Waals surface area (Å²) in [7, 11) is 0. The number of hydrogen-bond acceptors (Lipinski definition) is 6. The summed E-state index contributed by atoms with van der Waals surface area (Å²) in [5.74, 6) is -1.05. The lowest BCUT2D eigenvalue weighted by molar-refractivity contribution is -0.139. The molecule has 3 N–H and O–H groups in total. The van der Waals surface area contributed by atoms with E-state index in [1.54, 1.807) is 20.8 Å². The SMILES string of the molecule is CC(C)(C)OC(=O)N[C@@H](CNc1nccc(Cl)n1)C(=O)O. The third-order valence-electron chi connectivity index (χ3n) is 2.07. The fourth-order valence-corrected chi connectivity index (χ4v) is 1.40. The molecule has 0 aromatic carbocycles. The zero-order valence-electron chi connectivity index (χ0n) is 11.9. The summed E-state index contributed by atoms with van der Waals surface area (Å²) >= 11 is 5.68. The van der Waals surface area contributed by atoms with E-state index < -0.39 is 23.7 Å². The molecular weight excluding hydrogens is 300 g/mol. The first-order valence-electron chi connectivity index (χ1n) is 6.12. The molecule has 9 heteroatoms. The van der Waals surface area contributed by atoms with Gasteiger partial charge >= 0.3 is 12.1 Å².